The van der Waals surface area contributed by atoms with Crippen LogP contribution in [0.1, 0.15) is 35.7 Å². The Balaban J connectivity index is 1.84. The van der Waals surface area contributed by atoms with E-state index in [-0.39, 0.29) is 24.0 Å². The number of aromatic nitrogens is 1. The first kappa shape index (κ1) is 24.5. The van der Waals surface area contributed by atoms with E-state index in [4.69, 9.17) is 14.0 Å². The number of hydrogen-bond donors (Lipinski definition) is 3. The number of ether oxygens (including phenoxy) is 2. The van der Waals surface area contributed by atoms with Gasteiger partial charge in [0.05, 0.1) is 11.7 Å². The van der Waals surface area contributed by atoms with E-state index in [2.05, 4.69) is 28.0 Å². The van der Waals surface area contributed by atoms with E-state index >= 15 is 0 Å². The van der Waals surface area contributed by atoms with Crippen LogP contribution in [0, 0.1) is 19.8 Å². The molecule has 0 bridgehead atoms. The molecule has 1 aliphatic heterocycles. The second-order valence-electron chi connectivity index (χ2n) is 8.55. The Kier molecular flexibility index (Phi) is 7.93. The number of carbonyl (C=O) groups is 2. The van der Waals surface area contributed by atoms with Gasteiger partial charge in [0.25, 0.3) is 5.91 Å². The number of likely N-dealkylation sites (N-methyl/N-ethyl adjacent to an activating group) is 1. The van der Waals surface area contributed by atoms with Crippen LogP contribution < -0.4 is 20.7 Å². The first-order valence-electron chi connectivity index (χ1n) is 11.0. The van der Waals surface area contributed by atoms with Gasteiger partial charge >= 0.3 is 6.03 Å². The van der Waals surface area contributed by atoms with Crippen molar-refractivity contribution < 1.29 is 23.6 Å². The molecular weight excluding hydrogens is 426 g/mol. The number of fused-ring (bicyclic) bond motifs is 1. The van der Waals surface area contributed by atoms with Crippen molar-refractivity contribution in [2.75, 3.05) is 44.5 Å². The molecule has 3 N–H and O–H groups in total. The lowest BCUT2D eigenvalue weighted by molar-refractivity contribution is 0.0281. The summed E-state index contributed by atoms with van der Waals surface area (Å²) >= 11 is 0. The van der Waals surface area contributed by atoms with E-state index in [0.717, 1.165) is 6.54 Å². The number of urea groups is 1. The molecule has 0 fully saturated rings. The second kappa shape index (κ2) is 10.7. The van der Waals surface area contributed by atoms with Crippen LogP contribution in [0.2, 0.25) is 0 Å². The molecule has 10 heteroatoms. The Morgan fingerprint density at radius 1 is 1.27 bits per heavy atom. The molecule has 3 rings (SSSR count). The number of benzene rings is 1. The average molecular weight is 460 g/mol. The highest BCUT2D eigenvalue weighted by Crippen LogP contribution is 2.26. The van der Waals surface area contributed by atoms with Crippen molar-refractivity contribution in [1.29, 1.82) is 0 Å². The van der Waals surface area contributed by atoms with Crippen LogP contribution in [-0.2, 0) is 4.74 Å². The monoisotopic (exact) mass is 459 g/mol. The fourth-order valence-corrected chi connectivity index (χ4v) is 3.68. The summed E-state index contributed by atoms with van der Waals surface area (Å²) in [4.78, 5) is 27.5. The third kappa shape index (κ3) is 6.02. The molecule has 0 spiro atoms. The Hall–Kier alpha value is -3.11. The molecule has 2 heterocycles. The van der Waals surface area contributed by atoms with Gasteiger partial charge in [-0.15, -0.1) is 0 Å². The van der Waals surface area contributed by atoms with Gasteiger partial charge in [-0.1, -0.05) is 12.1 Å². The van der Waals surface area contributed by atoms with Crippen LogP contribution in [0.3, 0.4) is 0 Å². The molecule has 0 unspecified atom stereocenters. The predicted octanol–water partition coefficient (Wildman–Crippen LogP) is 3.03. The summed E-state index contributed by atoms with van der Waals surface area (Å²) in [7, 11) is 3.39. The number of hydrogen-bond acceptors (Lipinski definition) is 7. The van der Waals surface area contributed by atoms with E-state index in [9.17, 15) is 9.59 Å². The lowest BCUT2D eigenvalue weighted by Gasteiger charge is -2.30. The summed E-state index contributed by atoms with van der Waals surface area (Å²) < 4.78 is 16.7. The van der Waals surface area contributed by atoms with E-state index in [1.54, 1.807) is 51.1 Å². The van der Waals surface area contributed by atoms with Gasteiger partial charge in [-0.3, -0.25) is 4.79 Å². The Bertz CT molecular complexity index is 972. The van der Waals surface area contributed by atoms with Crippen molar-refractivity contribution in [3.05, 3.63) is 35.2 Å². The number of rotatable bonds is 3. The highest BCUT2D eigenvalue weighted by Gasteiger charge is 2.25. The van der Waals surface area contributed by atoms with Crippen molar-refractivity contribution >= 4 is 23.3 Å². The third-order valence-corrected chi connectivity index (χ3v) is 5.75. The minimum Gasteiger partial charge on any atom is -0.491 e. The van der Waals surface area contributed by atoms with Crippen LogP contribution in [0.5, 0.6) is 5.75 Å². The molecule has 1 aromatic heterocycles. The van der Waals surface area contributed by atoms with Crippen LogP contribution in [-0.4, -0.2) is 68.0 Å². The molecule has 180 valence electrons. The molecule has 0 saturated heterocycles. The second-order valence-corrected chi connectivity index (χ2v) is 8.55. The van der Waals surface area contributed by atoms with Gasteiger partial charge in [-0.05, 0) is 44.9 Å². The van der Waals surface area contributed by atoms with Crippen molar-refractivity contribution in [2.24, 2.45) is 5.92 Å². The number of carbonyl (C=O) groups excluding carboxylic acids is 2. The summed E-state index contributed by atoms with van der Waals surface area (Å²) in [6.45, 7) is 9.15. The van der Waals surface area contributed by atoms with Crippen LogP contribution in [0.4, 0.5) is 16.2 Å². The summed E-state index contributed by atoms with van der Waals surface area (Å²) in [5.74, 6) is 0.956. The lowest BCUT2D eigenvalue weighted by Crippen LogP contribution is -2.44. The topological polar surface area (TPSA) is 118 Å². The van der Waals surface area contributed by atoms with Crippen LogP contribution >= 0.6 is 0 Å². The van der Waals surface area contributed by atoms with Crippen molar-refractivity contribution in [1.82, 2.24) is 15.4 Å². The Labute approximate surface area is 194 Å². The highest BCUT2D eigenvalue weighted by molar-refractivity contribution is 6.02. The van der Waals surface area contributed by atoms with E-state index in [1.807, 2.05) is 6.92 Å². The highest BCUT2D eigenvalue weighted by atomic mass is 16.5. The smallest absolute Gasteiger partial charge is 0.323 e. The molecule has 0 radical (unpaired) electrons. The summed E-state index contributed by atoms with van der Waals surface area (Å²) in [5.41, 5.74) is 1.91. The minimum atomic E-state index is -0.467. The lowest BCUT2D eigenvalue weighted by atomic mass is 10.0. The van der Waals surface area contributed by atoms with Gasteiger partial charge in [0, 0.05) is 39.0 Å². The zero-order chi connectivity index (χ0) is 24.1. The molecule has 0 saturated carbocycles. The van der Waals surface area contributed by atoms with Gasteiger partial charge in [0.2, 0.25) is 0 Å². The fourth-order valence-electron chi connectivity index (χ4n) is 3.68. The number of methoxy groups -OCH3 is 1. The molecule has 33 heavy (non-hydrogen) atoms. The zero-order valence-electron chi connectivity index (χ0n) is 20.0. The first-order chi connectivity index (χ1) is 15.7. The average Bonchev–Trinajstić information content (AvgIpc) is 3.10. The number of amides is 3. The molecule has 3 atom stereocenters. The van der Waals surface area contributed by atoms with Crippen molar-refractivity contribution in [2.45, 2.75) is 39.8 Å². The standard InChI is InChI=1S/C23H33N5O5/c1-13-10-24-14(2)12-32-19-8-7-17(9-18(19)22(29)28(5)11-20(13)31-6)25-23(30)26-21-15(3)27-33-16(21)4/h7-9,13-14,20,24H,10-12H2,1-6H3,(H2,25,26,30)/t13-,14-,20-/m1/s1. The number of nitrogens with zero attached hydrogens (tertiary/aromatic N) is 2. The Morgan fingerprint density at radius 3 is 2.70 bits per heavy atom. The SMILES string of the molecule is CO[C@@H]1CN(C)C(=O)c2cc(NC(=O)Nc3c(C)noc3C)ccc2OC[C@@H](C)NC[C@H]1C. The summed E-state index contributed by atoms with van der Waals surface area (Å²) in [6, 6.07) is 4.63. The quantitative estimate of drug-likeness (QED) is 0.646. The number of nitrogens with one attached hydrogen (secondary N) is 3. The first-order valence-corrected chi connectivity index (χ1v) is 11.0. The molecule has 1 aromatic carbocycles. The van der Waals surface area contributed by atoms with Gasteiger partial charge < -0.3 is 34.8 Å². The molecule has 1 aliphatic rings. The van der Waals surface area contributed by atoms with Crippen LogP contribution in [0.15, 0.2) is 22.7 Å². The van der Waals surface area contributed by atoms with Gasteiger partial charge in [0.1, 0.15) is 23.7 Å². The molecule has 3 amide bonds. The van der Waals surface area contributed by atoms with Crippen molar-refractivity contribution in [3.8, 4) is 5.75 Å². The van der Waals surface area contributed by atoms with Gasteiger partial charge in [0.15, 0.2) is 5.76 Å². The third-order valence-electron chi connectivity index (χ3n) is 5.75. The molecule has 10 nitrogen and oxygen atoms in total. The van der Waals surface area contributed by atoms with E-state index in [1.165, 1.54) is 0 Å². The number of anilines is 2. The van der Waals surface area contributed by atoms with Gasteiger partial charge in [-0.25, -0.2) is 4.79 Å². The van der Waals surface area contributed by atoms with Crippen molar-refractivity contribution in [3.63, 3.8) is 0 Å². The predicted molar refractivity (Wildman–Crippen MR) is 125 cm³/mol. The maximum atomic E-state index is 13.3. The number of aryl methyl sites for hydroxylation is 2. The van der Waals surface area contributed by atoms with E-state index in [0.29, 0.717) is 47.3 Å². The summed E-state index contributed by atoms with van der Waals surface area (Å²) in [5, 5.41) is 12.8. The van der Waals surface area contributed by atoms with E-state index < -0.39 is 6.03 Å². The minimum absolute atomic E-state index is 0.0868. The zero-order valence-corrected chi connectivity index (χ0v) is 20.0. The fraction of sp³-hybridized carbons (Fsp3) is 0.522. The maximum Gasteiger partial charge on any atom is 0.323 e. The molecular formula is C23H33N5O5. The summed E-state index contributed by atoms with van der Waals surface area (Å²) in [6.07, 6.45) is -0.121. The van der Waals surface area contributed by atoms with Crippen LogP contribution in [0.25, 0.3) is 0 Å². The van der Waals surface area contributed by atoms with Gasteiger partial charge in [-0.2, -0.15) is 0 Å². The normalized spacial score (nSPS) is 21.9. The Morgan fingerprint density at radius 2 is 2.03 bits per heavy atom. The molecule has 2 aromatic rings. The maximum absolute atomic E-state index is 13.3. The molecule has 0 aliphatic carbocycles. The largest absolute Gasteiger partial charge is 0.491 e.